The zero-order valence-electron chi connectivity index (χ0n) is 16.5. The number of benzene rings is 2. The third kappa shape index (κ3) is 5.85. The highest BCUT2D eigenvalue weighted by Crippen LogP contribution is 2.22. The molecule has 11 heteroatoms. The molecule has 3 rings (SSSR count). The van der Waals surface area contributed by atoms with Crippen LogP contribution in [0.25, 0.3) is 0 Å². The smallest absolute Gasteiger partial charge is 0.241 e. The Labute approximate surface area is 192 Å². The number of anilines is 1. The number of amides is 2. The predicted octanol–water partition coefficient (Wildman–Crippen LogP) is 2.67. The van der Waals surface area contributed by atoms with Gasteiger partial charge in [0.2, 0.25) is 11.8 Å². The van der Waals surface area contributed by atoms with Gasteiger partial charge in [-0.3, -0.25) is 14.9 Å². The number of carbonyl (C=O) groups excluding carboxylic acids is 2. The average Bonchev–Trinajstić information content (AvgIpc) is 2.74. The molecule has 3 N–H and O–H groups in total. The zero-order chi connectivity index (χ0) is 22.6. The van der Waals surface area contributed by atoms with Crippen molar-refractivity contribution in [3.63, 3.8) is 0 Å². The maximum absolute atomic E-state index is 13.8. The van der Waals surface area contributed by atoms with Crippen molar-refractivity contribution in [1.82, 2.24) is 10.6 Å². The molecule has 2 amide bonds. The molecule has 0 aliphatic carbocycles. The summed E-state index contributed by atoms with van der Waals surface area (Å²) in [7, 11) is -3.85. The normalized spacial score (nSPS) is 19.0. The molecular weight excluding hydrogens is 509 g/mol. The Kier molecular flexibility index (Phi) is 7.73. The molecule has 2 atom stereocenters. The molecule has 2 aromatic carbocycles. The molecule has 0 aromatic heterocycles. The van der Waals surface area contributed by atoms with Crippen molar-refractivity contribution in [1.29, 1.82) is 0 Å². The van der Waals surface area contributed by atoms with Gasteiger partial charge in [0.25, 0.3) is 0 Å². The summed E-state index contributed by atoms with van der Waals surface area (Å²) in [4.78, 5) is 24.6. The first kappa shape index (κ1) is 23.7. The summed E-state index contributed by atoms with van der Waals surface area (Å²) in [6, 6.07) is 10.7. The van der Waals surface area contributed by atoms with Gasteiger partial charge in [-0.25, -0.2) is 12.8 Å². The largest absolute Gasteiger partial charge is 0.331 e. The van der Waals surface area contributed by atoms with Gasteiger partial charge in [-0.05, 0) is 42.3 Å². The summed E-state index contributed by atoms with van der Waals surface area (Å²) < 4.78 is 40.0. The second kappa shape index (κ2) is 10.1. The minimum atomic E-state index is -3.85. The maximum atomic E-state index is 13.8. The Morgan fingerprint density at radius 3 is 2.58 bits per heavy atom. The standard InChI is InChI=1S/C20H21BrFN3O4S2/c1-2-12-3-6-14(7-4-12)31(28,29)17-10-23-20(25-19(17)27)30-11-18(26)24-16-8-5-13(21)9-15(16)22/h3-9,17,20,23H,2,10-11H2,1H3,(H,24,26)(H,25,27). The van der Waals surface area contributed by atoms with E-state index in [0.29, 0.717) is 4.47 Å². The van der Waals surface area contributed by atoms with Gasteiger partial charge in [-0.1, -0.05) is 35.0 Å². The second-order valence-electron chi connectivity index (χ2n) is 6.81. The first-order valence-electron chi connectivity index (χ1n) is 9.44. The van der Waals surface area contributed by atoms with E-state index in [0.717, 1.165) is 23.7 Å². The molecule has 0 radical (unpaired) electrons. The molecule has 1 heterocycles. The molecule has 1 aliphatic rings. The Morgan fingerprint density at radius 2 is 1.97 bits per heavy atom. The van der Waals surface area contributed by atoms with E-state index in [1.165, 1.54) is 24.3 Å². The van der Waals surface area contributed by atoms with Gasteiger partial charge in [-0.2, -0.15) is 0 Å². The highest BCUT2D eigenvalue weighted by Gasteiger charge is 2.38. The summed E-state index contributed by atoms with van der Waals surface area (Å²) in [5, 5.41) is 6.70. The Morgan fingerprint density at radius 1 is 1.26 bits per heavy atom. The van der Waals surface area contributed by atoms with Gasteiger partial charge in [0.15, 0.2) is 15.1 Å². The van der Waals surface area contributed by atoms with E-state index in [1.807, 2.05) is 6.92 Å². The summed E-state index contributed by atoms with van der Waals surface area (Å²) in [6.45, 7) is 1.89. The molecule has 1 fully saturated rings. The van der Waals surface area contributed by atoms with Crippen LogP contribution in [0.2, 0.25) is 0 Å². The van der Waals surface area contributed by atoms with Crippen molar-refractivity contribution in [3.8, 4) is 0 Å². The van der Waals surface area contributed by atoms with Crippen LogP contribution in [0.5, 0.6) is 0 Å². The van der Waals surface area contributed by atoms with E-state index in [4.69, 9.17) is 0 Å². The fourth-order valence-corrected chi connectivity index (χ4v) is 5.59. The van der Waals surface area contributed by atoms with E-state index >= 15 is 0 Å². The molecule has 0 saturated carbocycles. The van der Waals surface area contributed by atoms with Crippen LogP contribution in [0, 0.1) is 5.82 Å². The number of nitrogens with one attached hydrogen (secondary N) is 3. The van der Waals surface area contributed by atoms with Crippen LogP contribution < -0.4 is 16.0 Å². The van der Waals surface area contributed by atoms with Crippen molar-refractivity contribution >= 4 is 55.0 Å². The number of halogens is 2. The SMILES string of the molecule is CCc1ccc(S(=O)(=O)C2CNC(SCC(=O)Nc3ccc(Br)cc3F)NC2=O)cc1. The Balaban J connectivity index is 1.54. The van der Waals surface area contributed by atoms with Crippen LogP contribution in [0.1, 0.15) is 12.5 Å². The Hall–Kier alpha value is -1.95. The second-order valence-corrected chi connectivity index (χ2v) is 11.0. The van der Waals surface area contributed by atoms with Crippen LogP contribution in [0.15, 0.2) is 51.8 Å². The lowest BCUT2D eigenvalue weighted by atomic mass is 10.2. The quantitative estimate of drug-likeness (QED) is 0.509. The first-order valence-corrected chi connectivity index (χ1v) is 12.8. The van der Waals surface area contributed by atoms with Crippen LogP contribution in [0.3, 0.4) is 0 Å². The van der Waals surface area contributed by atoms with Crippen LogP contribution in [-0.2, 0) is 25.8 Å². The molecule has 1 saturated heterocycles. The van der Waals surface area contributed by atoms with Gasteiger partial charge >= 0.3 is 0 Å². The van der Waals surface area contributed by atoms with Gasteiger partial charge < -0.3 is 10.6 Å². The van der Waals surface area contributed by atoms with Crippen molar-refractivity contribution in [3.05, 3.63) is 58.3 Å². The lowest BCUT2D eigenvalue weighted by Crippen LogP contribution is -2.59. The number of sulfone groups is 1. The molecular formula is C20H21BrFN3O4S2. The summed E-state index contributed by atoms with van der Waals surface area (Å²) in [6.07, 6.45) is 0.784. The number of hydrogen-bond donors (Lipinski definition) is 3. The van der Waals surface area contributed by atoms with Gasteiger partial charge in [0.1, 0.15) is 11.3 Å². The highest BCUT2D eigenvalue weighted by atomic mass is 79.9. The van der Waals surface area contributed by atoms with Crippen molar-refractivity contribution in [2.45, 2.75) is 29.0 Å². The number of aryl methyl sites for hydroxylation is 1. The topological polar surface area (TPSA) is 104 Å². The van der Waals surface area contributed by atoms with E-state index in [2.05, 4.69) is 31.9 Å². The molecule has 2 unspecified atom stereocenters. The monoisotopic (exact) mass is 529 g/mol. The lowest BCUT2D eigenvalue weighted by molar-refractivity contribution is -0.122. The summed E-state index contributed by atoms with van der Waals surface area (Å²) >= 11 is 4.21. The third-order valence-electron chi connectivity index (χ3n) is 4.68. The summed E-state index contributed by atoms with van der Waals surface area (Å²) in [5.74, 6) is -1.72. The van der Waals surface area contributed by atoms with E-state index in [9.17, 15) is 22.4 Å². The highest BCUT2D eigenvalue weighted by molar-refractivity contribution is 9.10. The van der Waals surface area contributed by atoms with E-state index in [-0.39, 0.29) is 22.9 Å². The van der Waals surface area contributed by atoms with Crippen molar-refractivity contribution < 1.29 is 22.4 Å². The molecule has 1 aliphatic heterocycles. The fraction of sp³-hybridized carbons (Fsp3) is 0.300. The first-order chi connectivity index (χ1) is 14.7. The average molecular weight is 530 g/mol. The van der Waals surface area contributed by atoms with E-state index in [1.54, 1.807) is 18.2 Å². The molecule has 166 valence electrons. The van der Waals surface area contributed by atoms with Crippen molar-refractivity contribution in [2.24, 2.45) is 0 Å². The molecule has 2 aromatic rings. The molecule has 7 nitrogen and oxygen atoms in total. The molecule has 0 bridgehead atoms. The number of carbonyl (C=O) groups is 2. The van der Waals surface area contributed by atoms with Gasteiger partial charge in [0, 0.05) is 11.0 Å². The summed E-state index contributed by atoms with van der Waals surface area (Å²) in [5.41, 5.74) is 0.416. The van der Waals surface area contributed by atoms with Gasteiger partial charge in [-0.15, -0.1) is 11.8 Å². The number of hydrogen-bond acceptors (Lipinski definition) is 6. The lowest BCUT2D eigenvalue weighted by Gasteiger charge is -2.29. The van der Waals surface area contributed by atoms with Crippen LogP contribution in [0.4, 0.5) is 10.1 Å². The van der Waals surface area contributed by atoms with E-state index < -0.39 is 38.2 Å². The van der Waals surface area contributed by atoms with Crippen molar-refractivity contribution in [2.75, 3.05) is 17.6 Å². The zero-order valence-corrected chi connectivity index (χ0v) is 19.7. The molecule has 31 heavy (non-hydrogen) atoms. The maximum Gasteiger partial charge on any atom is 0.241 e. The minimum absolute atomic E-state index is 0.0506. The third-order valence-corrected chi connectivity index (χ3v) is 8.27. The fourth-order valence-electron chi connectivity index (χ4n) is 2.95. The predicted molar refractivity (Wildman–Crippen MR) is 122 cm³/mol. The Bertz CT molecular complexity index is 1080. The van der Waals surface area contributed by atoms with Crippen LogP contribution in [-0.4, -0.2) is 43.3 Å². The number of rotatable bonds is 7. The van der Waals surface area contributed by atoms with Crippen LogP contribution >= 0.6 is 27.7 Å². The number of thioether (sulfide) groups is 1. The van der Waals surface area contributed by atoms with Gasteiger partial charge in [0.05, 0.1) is 16.3 Å². The minimum Gasteiger partial charge on any atom is -0.331 e. The molecule has 0 spiro atoms.